The Kier molecular flexibility index (Phi) is 8.17. The van der Waals surface area contributed by atoms with Gasteiger partial charge < -0.3 is 28.4 Å². The Balaban J connectivity index is 1.99. The van der Waals surface area contributed by atoms with E-state index in [-0.39, 0.29) is 12.7 Å². The molecule has 0 aromatic rings. The van der Waals surface area contributed by atoms with Crippen LogP contribution < -0.4 is 0 Å². The Morgan fingerprint density at radius 2 is 1.40 bits per heavy atom. The molecule has 200 valence electrons. The number of esters is 3. The van der Waals surface area contributed by atoms with Gasteiger partial charge >= 0.3 is 17.9 Å². The number of hydrogen-bond donors (Lipinski definition) is 0. The third-order valence-corrected chi connectivity index (χ3v) is 5.77. The summed E-state index contributed by atoms with van der Waals surface area (Å²) in [5.41, 5.74) is -0.936. The van der Waals surface area contributed by atoms with Crippen LogP contribution in [0.25, 0.3) is 0 Å². The van der Waals surface area contributed by atoms with Crippen LogP contribution in [0, 0.1) is 5.92 Å². The van der Waals surface area contributed by atoms with E-state index in [1.165, 1.54) is 20.8 Å². The average molecular weight is 502 g/mol. The molecule has 0 unspecified atom stereocenters. The van der Waals surface area contributed by atoms with Gasteiger partial charge in [-0.1, -0.05) is 0 Å². The van der Waals surface area contributed by atoms with Gasteiger partial charge in [0.25, 0.3) is 0 Å². The molecule has 3 aliphatic heterocycles. The fraction of sp³-hybridized carbons (Fsp3) is 0.875. The number of hydroxylamine groups is 2. The van der Waals surface area contributed by atoms with Crippen molar-refractivity contribution in [3.8, 4) is 0 Å². The van der Waals surface area contributed by atoms with Crippen LogP contribution in [0.5, 0.6) is 0 Å². The molecule has 0 N–H and O–H groups in total. The fourth-order valence-electron chi connectivity index (χ4n) is 4.94. The number of nitrogens with zero attached hydrogens (tertiary/aromatic N) is 1. The van der Waals surface area contributed by atoms with Crippen molar-refractivity contribution in [1.82, 2.24) is 5.06 Å². The second kappa shape index (κ2) is 10.3. The first-order valence-electron chi connectivity index (χ1n) is 12.0. The third kappa shape index (κ3) is 6.91. The van der Waals surface area contributed by atoms with Gasteiger partial charge in [0.05, 0.1) is 29.7 Å². The topological polar surface area (TPSA) is 119 Å². The minimum Gasteiger partial charge on any atom is -0.463 e. The molecule has 0 bridgehead atoms. The molecule has 0 saturated carbocycles. The van der Waals surface area contributed by atoms with Gasteiger partial charge in [0, 0.05) is 20.8 Å². The highest BCUT2D eigenvalue weighted by molar-refractivity contribution is 5.68. The zero-order valence-electron chi connectivity index (χ0n) is 22.1. The molecular formula is C24H39NO10. The maximum atomic E-state index is 12.2. The molecule has 3 saturated heterocycles. The lowest BCUT2D eigenvalue weighted by molar-refractivity contribution is -0.304. The summed E-state index contributed by atoms with van der Waals surface area (Å²) in [6.07, 6.45) is -4.45. The summed E-state index contributed by atoms with van der Waals surface area (Å²) in [5.74, 6) is -2.21. The van der Waals surface area contributed by atoms with Crippen molar-refractivity contribution in [3.63, 3.8) is 0 Å². The Morgan fingerprint density at radius 3 is 1.91 bits per heavy atom. The molecule has 35 heavy (non-hydrogen) atoms. The molecule has 0 aromatic heterocycles. The van der Waals surface area contributed by atoms with Crippen LogP contribution >= 0.6 is 0 Å². The van der Waals surface area contributed by atoms with Crippen molar-refractivity contribution < 1.29 is 47.6 Å². The highest BCUT2D eigenvalue weighted by Crippen LogP contribution is 2.47. The Labute approximate surface area is 206 Å². The Hall–Kier alpha value is -1.79. The van der Waals surface area contributed by atoms with Crippen molar-refractivity contribution in [2.45, 2.75) is 116 Å². The van der Waals surface area contributed by atoms with Crippen LogP contribution in [0.4, 0.5) is 0 Å². The van der Waals surface area contributed by atoms with Crippen molar-refractivity contribution in [2.24, 2.45) is 5.92 Å². The van der Waals surface area contributed by atoms with Crippen LogP contribution in [-0.2, 0) is 47.6 Å². The lowest BCUT2D eigenvalue weighted by Crippen LogP contribution is -2.61. The minimum absolute atomic E-state index is 0.194. The van der Waals surface area contributed by atoms with E-state index < -0.39 is 71.8 Å². The maximum Gasteiger partial charge on any atom is 0.303 e. The van der Waals surface area contributed by atoms with Crippen LogP contribution in [0.1, 0.15) is 62.3 Å². The summed E-state index contributed by atoms with van der Waals surface area (Å²) in [6, 6.07) is -0.413. The van der Waals surface area contributed by atoms with Gasteiger partial charge in [-0.15, -0.1) is 0 Å². The molecule has 3 aliphatic rings. The van der Waals surface area contributed by atoms with Gasteiger partial charge in [0.2, 0.25) is 0 Å². The first kappa shape index (κ1) is 27.8. The van der Waals surface area contributed by atoms with Gasteiger partial charge in [-0.3, -0.25) is 19.2 Å². The van der Waals surface area contributed by atoms with Crippen LogP contribution in [0.2, 0.25) is 0 Å². The van der Waals surface area contributed by atoms with Crippen molar-refractivity contribution in [2.75, 3.05) is 13.2 Å². The van der Waals surface area contributed by atoms with Crippen molar-refractivity contribution in [1.29, 1.82) is 0 Å². The van der Waals surface area contributed by atoms with Gasteiger partial charge in [0.15, 0.2) is 18.5 Å². The quantitative estimate of drug-likeness (QED) is 0.391. The second-order valence-corrected chi connectivity index (χ2v) is 11.2. The van der Waals surface area contributed by atoms with Gasteiger partial charge in [-0.05, 0) is 41.5 Å². The fourth-order valence-corrected chi connectivity index (χ4v) is 4.94. The predicted molar refractivity (Wildman–Crippen MR) is 121 cm³/mol. The molecular weight excluding hydrogens is 462 g/mol. The minimum atomic E-state index is -1.02. The summed E-state index contributed by atoms with van der Waals surface area (Å²) in [5, 5.41) is 1.75. The number of hydrogen-bond acceptors (Lipinski definition) is 11. The summed E-state index contributed by atoms with van der Waals surface area (Å²) >= 11 is 0. The summed E-state index contributed by atoms with van der Waals surface area (Å²) in [4.78, 5) is 41.8. The van der Waals surface area contributed by atoms with E-state index in [1.807, 2.05) is 41.5 Å². The standard InChI is InChI=1S/C24H39NO10/c1-12(26)29-11-16-20(30-13(2)27)21(31-14(3)28)17-18-19(34-24(7,8)9)15(33-23(4,5)6)10-25(18)35-22(17)32-16/h15-22H,10-11H2,1-9H3/t15-,16-,17-,18-,19+,20-,21-,22-/m1/s1. The van der Waals surface area contributed by atoms with Crippen molar-refractivity contribution in [3.05, 3.63) is 0 Å². The molecule has 0 spiro atoms. The molecule has 0 radical (unpaired) electrons. The lowest BCUT2D eigenvalue weighted by Gasteiger charge is -2.44. The third-order valence-electron chi connectivity index (χ3n) is 5.77. The number of rotatable bonds is 6. The molecule has 0 amide bonds. The monoisotopic (exact) mass is 501 g/mol. The number of carbonyl (C=O) groups is 3. The zero-order chi connectivity index (χ0) is 26.3. The molecule has 0 aromatic carbocycles. The van der Waals surface area contributed by atoms with E-state index in [9.17, 15) is 14.4 Å². The number of fused-ring (bicyclic) bond motifs is 3. The predicted octanol–water partition coefficient (Wildman–Crippen LogP) is 1.75. The maximum absolute atomic E-state index is 12.2. The normalized spacial score (nSPS) is 35.2. The number of carbonyl (C=O) groups excluding carboxylic acids is 3. The SMILES string of the molecule is CC(=O)OC[C@H]1O[C@@H]2ON3C[C@@H](OC(C)(C)C)[C@H](OC(C)(C)C)[C@H]3[C@@H]2[C@@H](OC(C)=O)[C@@H]1OC(C)=O. The lowest BCUT2D eigenvalue weighted by atomic mass is 9.83. The summed E-state index contributed by atoms with van der Waals surface area (Å²) < 4.78 is 35.4. The molecule has 8 atom stereocenters. The van der Waals surface area contributed by atoms with E-state index in [2.05, 4.69) is 0 Å². The van der Waals surface area contributed by atoms with E-state index >= 15 is 0 Å². The summed E-state index contributed by atoms with van der Waals surface area (Å²) in [6.45, 7) is 15.8. The zero-order valence-corrected chi connectivity index (χ0v) is 22.1. The average Bonchev–Trinajstić information content (AvgIpc) is 3.15. The molecule has 3 rings (SSSR count). The van der Waals surface area contributed by atoms with Gasteiger partial charge in [-0.2, -0.15) is 5.06 Å². The number of ether oxygens (including phenoxy) is 6. The highest BCUT2D eigenvalue weighted by Gasteiger charge is 2.65. The Bertz CT molecular complexity index is 803. The molecule has 3 heterocycles. The van der Waals surface area contributed by atoms with E-state index in [0.717, 1.165) is 0 Å². The van der Waals surface area contributed by atoms with E-state index in [0.29, 0.717) is 6.54 Å². The first-order valence-corrected chi connectivity index (χ1v) is 12.0. The molecule has 11 heteroatoms. The van der Waals surface area contributed by atoms with Crippen LogP contribution in [-0.4, -0.2) is 90.2 Å². The molecule has 11 nitrogen and oxygen atoms in total. The van der Waals surface area contributed by atoms with Crippen LogP contribution in [0.15, 0.2) is 0 Å². The first-order chi connectivity index (χ1) is 16.1. The molecule has 3 fully saturated rings. The summed E-state index contributed by atoms with van der Waals surface area (Å²) in [7, 11) is 0. The smallest absolute Gasteiger partial charge is 0.303 e. The van der Waals surface area contributed by atoms with Gasteiger partial charge in [-0.25, -0.2) is 0 Å². The Morgan fingerprint density at radius 1 is 0.829 bits per heavy atom. The largest absolute Gasteiger partial charge is 0.463 e. The van der Waals surface area contributed by atoms with Gasteiger partial charge in [0.1, 0.15) is 24.9 Å². The van der Waals surface area contributed by atoms with Crippen molar-refractivity contribution >= 4 is 17.9 Å². The van der Waals surface area contributed by atoms with E-state index in [4.69, 9.17) is 33.3 Å². The second-order valence-electron chi connectivity index (χ2n) is 11.2. The van der Waals surface area contributed by atoms with Crippen LogP contribution in [0.3, 0.4) is 0 Å². The molecule has 0 aliphatic carbocycles. The van der Waals surface area contributed by atoms with E-state index in [1.54, 1.807) is 5.06 Å². The highest BCUT2D eigenvalue weighted by atomic mass is 16.8.